The standard InChI is InChI=1S/C18H18N2O4S/c1-12(13-6-8-16(9-7-13)25(19,22)23)20-18(21)15-10-14-4-2-3-5-17(14)24-11-15/h2-10,12H,11H2,1H3,(H,20,21)(H2,19,22,23)/t12-/m0/s1. The summed E-state index contributed by atoms with van der Waals surface area (Å²) in [6.07, 6.45) is 1.81. The van der Waals surface area contributed by atoms with E-state index in [0.717, 1.165) is 16.9 Å². The molecule has 6 nitrogen and oxygen atoms in total. The lowest BCUT2D eigenvalue weighted by atomic mass is 10.1. The second-order valence-electron chi connectivity index (χ2n) is 5.81. The van der Waals surface area contributed by atoms with E-state index >= 15 is 0 Å². The Bertz CT molecular complexity index is 934. The van der Waals surface area contributed by atoms with Gasteiger partial charge in [-0.3, -0.25) is 4.79 Å². The molecule has 2 aromatic carbocycles. The summed E-state index contributed by atoms with van der Waals surface area (Å²) in [6, 6.07) is 13.3. The zero-order valence-electron chi connectivity index (χ0n) is 13.6. The van der Waals surface area contributed by atoms with Crippen LogP contribution in [0.5, 0.6) is 5.75 Å². The van der Waals surface area contributed by atoms with E-state index in [2.05, 4.69) is 5.32 Å². The van der Waals surface area contributed by atoms with Crippen molar-refractivity contribution in [2.75, 3.05) is 6.61 Å². The third-order valence-corrected chi connectivity index (χ3v) is 4.91. The summed E-state index contributed by atoms with van der Waals surface area (Å²) < 4.78 is 28.2. The molecule has 1 amide bonds. The first-order valence-corrected chi connectivity index (χ1v) is 9.25. The Kier molecular flexibility index (Phi) is 4.61. The molecule has 0 spiro atoms. The van der Waals surface area contributed by atoms with Crippen LogP contribution in [0.4, 0.5) is 0 Å². The molecule has 130 valence electrons. The van der Waals surface area contributed by atoms with Gasteiger partial charge in [-0.15, -0.1) is 0 Å². The summed E-state index contributed by atoms with van der Waals surface area (Å²) in [5.41, 5.74) is 2.18. The molecule has 0 fully saturated rings. The quantitative estimate of drug-likeness (QED) is 0.873. The van der Waals surface area contributed by atoms with Crippen LogP contribution in [0, 0.1) is 0 Å². The van der Waals surface area contributed by atoms with Crippen LogP contribution in [0.25, 0.3) is 6.08 Å². The number of fused-ring (bicyclic) bond motifs is 1. The highest BCUT2D eigenvalue weighted by Gasteiger charge is 2.19. The fourth-order valence-electron chi connectivity index (χ4n) is 2.57. The molecule has 1 aliphatic rings. The Balaban J connectivity index is 1.72. The number of amides is 1. The van der Waals surface area contributed by atoms with Crippen molar-refractivity contribution in [3.63, 3.8) is 0 Å². The predicted octanol–water partition coefficient (Wildman–Crippen LogP) is 1.99. The Morgan fingerprint density at radius 2 is 1.84 bits per heavy atom. The number of primary sulfonamides is 1. The summed E-state index contributed by atoms with van der Waals surface area (Å²) in [6.45, 7) is 2.03. The highest BCUT2D eigenvalue weighted by atomic mass is 32.2. The number of hydrogen-bond acceptors (Lipinski definition) is 4. The summed E-state index contributed by atoms with van der Waals surface area (Å²) >= 11 is 0. The third kappa shape index (κ3) is 3.89. The zero-order valence-corrected chi connectivity index (χ0v) is 14.4. The summed E-state index contributed by atoms with van der Waals surface area (Å²) in [5, 5.41) is 7.97. The molecule has 1 atom stereocenters. The number of ether oxygens (including phenoxy) is 1. The number of carbonyl (C=O) groups is 1. The van der Waals surface area contributed by atoms with Gasteiger partial charge in [0.05, 0.1) is 16.5 Å². The van der Waals surface area contributed by atoms with Crippen molar-refractivity contribution in [2.45, 2.75) is 17.9 Å². The van der Waals surface area contributed by atoms with Crippen LogP contribution >= 0.6 is 0 Å². The van der Waals surface area contributed by atoms with Crippen molar-refractivity contribution in [3.8, 4) is 5.75 Å². The van der Waals surface area contributed by atoms with Gasteiger partial charge in [0, 0.05) is 5.56 Å². The molecule has 0 radical (unpaired) electrons. The molecule has 7 heteroatoms. The number of benzene rings is 2. The number of sulfonamides is 1. The van der Waals surface area contributed by atoms with Crippen LogP contribution in [0.15, 0.2) is 59.0 Å². The molecule has 2 aromatic rings. The van der Waals surface area contributed by atoms with Crippen molar-refractivity contribution in [2.24, 2.45) is 5.14 Å². The topological polar surface area (TPSA) is 98.5 Å². The summed E-state index contributed by atoms with van der Waals surface area (Å²) in [5.74, 6) is 0.531. The van der Waals surface area contributed by atoms with Gasteiger partial charge in [-0.25, -0.2) is 13.6 Å². The van der Waals surface area contributed by atoms with Gasteiger partial charge < -0.3 is 10.1 Å². The van der Waals surface area contributed by atoms with E-state index in [1.165, 1.54) is 12.1 Å². The molecule has 0 aromatic heterocycles. The molecular formula is C18H18N2O4S. The van der Waals surface area contributed by atoms with E-state index in [1.807, 2.05) is 37.3 Å². The van der Waals surface area contributed by atoms with Crippen LogP contribution in [0.1, 0.15) is 24.1 Å². The minimum absolute atomic E-state index is 0.0368. The Labute approximate surface area is 146 Å². The van der Waals surface area contributed by atoms with Crippen molar-refractivity contribution in [1.29, 1.82) is 0 Å². The highest BCUT2D eigenvalue weighted by molar-refractivity contribution is 7.89. The van der Waals surface area contributed by atoms with Gasteiger partial charge >= 0.3 is 0 Å². The normalized spacial score (nSPS) is 14.7. The molecular weight excluding hydrogens is 340 g/mol. The van der Waals surface area contributed by atoms with Gasteiger partial charge in [-0.2, -0.15) is 0 Å². The van der Waals surface area contributed by atoms with Crippen LogP contribution < -0.4 is 15.2 Å². The Morgan fingerprint density at radius 3 is 2.52 bits per heavy atom. The lowest BCUT2D eigenvalue weighted by Crippen LogP contribution is -2.30. The average Bonchev–Trinajstić information content (AvgIpc) is 2.60. The maximum Gasteiger partial charge on any atom is 0.251 e. The molecule has 3 N–H and O–H groups in total. The molecule has 0 aliphatic carbocycles. The number of carbonyl (C=O) groups excluding carboxylic acids is 1. The maximum atomic E-state index is 12.4. The summed E-state index contributed by atoms with van der Waals surface area (Å²) in [4.78, 5) is 12.5. The van der Waals surface area contributed by atoms with E-state index < -0.39 is 10.0 Å². The lowest BCUT2D eigenvalue weighted by molar-refractivity contribution is -0.118. The number of nitrogens with one attached hydrogen (secondary N) is 1. The van der Waals surface area contributed by atoms with Gasteiger partial charge in [-0.05, 0) is 36.8 Å². The smallest absolute Gasteiger partial charge is 0.251 e. The van der Waals surface area contributed by atoms with Crippen LogP contribution in [0.3, 0.4) is 0 Å². The van der Waals surface area contributed by atoms with Crippen LogP contribution in [-0.4, -0.2) is 20.9 Å². The molecule has 1 aliphatic heterocycles. The SMILES string of the molecule is C[C@H](NC(=O)C1=Cc2ccccc2OC1)c1ccc(S(N)(=O)=O)cc1. The van der Waals surface area contributed by atoms with Crippen molar-refractivity contribution in [3.05, 3.63) is 65.2 Å². The maximum absolute atomic E-state index is 12.4. The lowest BCUT2D eigenvalue weighted by Gasteiger charge is -2.20. The van der Waals surface area contributed by atoms with Gasteiger partial charge in [0.1, 0.15) is 12.4 Å². The molecule has 3 rings (SSSR count). The molecule has 25 heavy (non-hydrogen) atoms. The van der Waals surface area contributed by atoms with Crippen molar-refractivity contribution in [1.82, 2.24) is 5.32 Å². The first-order chi connectivity index (χ1) is 11.8. The second-order valence-corrected chi connectivity index (χ2v) is 7.37. The van der Waals surface area contributed by atoms with Gasteiger partial charge in [-0.1, -0.05) is 30.3 Å². The molecule has 0 saturated heterocycles. The second kappa shape index (κ2) is 6.70. The van der Waals surface area contributed by atoms with Crippen molar-refractivity contribution < 1.29 is 17.9 Å². The van der Waals surface area contributed by atoms with E-state index in [9.17, 15) is 13.2 Å². The predicted molar refractivity (Wildman–Crippen MR) is 94.3 cm³/mol. The number of para-hydroxylation sites is 1. The molecule has 0 bridgehead atoms. The highest BCUT2D eigenvalue weighted by Crippen LogP contribution is 2.26. The number of nitrogens with two attached hydrogens (primary N) is 1. The van der Waals surface area contributed by atoms with Gasteiger partial charge in [0.25, 0.3) is 5.91 Å². The Morgan fingerprint density at radius 1 is 1.16 bits per heavy atom. The minimum atomic E-state index is -3.73. The van der Waals surface area contributed by atoms with E-state index in [4.69, 9.17) is 9.88 Å². The first kappa shape index (κ1) is 17.2. The molecule has 1 heterocycles. The van der Waals surface area contributed by atoms with E-state index in [0.29, 0.717) is 5.57 Å². The van der Waals surface area contributed by atoms with Crippen LogP contribution in [0.2, 0.25) is 0 Å². The van der Waals surface area contributed by atoms with Gasteiger partial charge in [0.2, 0.25) is 10.0 Å². The molecule has 0 saturated carbocycles. The number of hydrogen-bond donors (Lipinski definition) is 2. The van der Waals surface area contributed by atoms with Gasteiger partial charge in [0.15, 0.2) is 0 Å². The van der Waals surface area contributed by atoms with E-state index in [-0.39, 0.29) is 23.5 Å². The average molecular weight is 358 g/mol. The third-order valence-electron chi connectivity index (χ3n) is 3.98. The first-order valence-electron chi connectivity index (χ1n) is 7.70. The fraction of sp³-hybridized carbons (Fsp3) is 0.167. The fourth-order valence-corrected chi connectivity index (χ4v) is 3.08. The zero-order chi connectivity index (χ0) is 18.0. The van der Waals surface area contributed by atoms with E-state index in [1.54, 1.807) is 12.1 Å². The molecule has 0 unspecified atom stereocenters. The summed E-state index contributed by atoms with van der Waals surface area (Å²) in [7, 11) is -3.73. The minimum Gasteiger partial charge on any atom is -0.488 e. The van der Waals surface area contributed by atoms with Crippen molar-refractivity contribution >= 4 is 22.0 Å². The Hall–Kier alpha value is -2.64. The largest absolute Gasteiger partial charge is 0.488 e. The van der Waals surface area contributed by atoms with Crippen LogP contribution in [-0.2, 0) is 14.8 Å². The monoisotopic (exact) mass is 358 g/mol. The number of rotatable bonds is 4.